The van der Waals surface area contributed by atoms with Crippen molar-refractivity contribution in [3.8, 4) is 0 Å². The lowest BCUT2D eigenvalue weighted by Crippen LogP contribution is -2.52. The van der Waals surface area contributed by atoms with E-state index in [0.717, 1.165) is 58.2 Å². The van der Waals surface area contributed by atoms with Crippen LogP contribution in [0, 0.1) is 11.8 Å². The number of nitrogens with one attached hydrogen (secondary N) is 1. The van der Waals surface area contributed by atoms with E-state index in [1.165, 1.54) is 19.3 Å². The molecule has 3 fully saturated rings. The zero-order valence-electron chi connectivity index (χ0n) is 20.5. The monoisotopic (exact) mass is 435 g/mol. The third-order valence-corrected chi connectivity index (χ3v) is 7.58. The standard InChI is InChI=1S/C25H45N3O3/c1-6-18(7-2)23(29)27-16-13-19(14-17-27)26-21-11-8-10-20(21)22-12-9-15-28(22)24(30)31-25(3,4)5/h18-22,26H,6-17H2,1-5H3/t20-,21-,22+/m1/s1. The van der Waals surface area contributed by atoms with E-state index in [9.17, 15) is 9.59 Å². The van der Waals surface area contributed by atoms with Gasteiger partial charge in [0.15, 0.2) is 0 Å². The Hall–Kier alpha value is -1.30. The number of likely N-dealkylation sites (tertiary alicyclic amines) is 2. The van der Waals surface area contributed by atoms with Crippen LogP contribution < -0.4 is 5.32 Å². The number of nitrogens with zero attached hydrogens (tertiary/aromatic N) is 2. The molecule has 1 aliphatic carbocycles. The second-order valence-electron chi connectivity index (χ2n) is 10.9. The molecule has 3 atom stereocenters. The van der Waals surface area contributed by atoms with Crippen LogP contribution in [0.3, 0.4) is 0 Å². The molecule has 0 radical (unpaired) electrons. The quantitative estimate of drug-likeness (QED) is 0.664. The fraction of sp³-hybridized carbons (Fsp3) is 0.920. The molecular formula is C25H45N3O3. The largest absolute Gasteiger partial charge is 0.444 e. The van der Waals surface area contributed by atoms with Gasteiger partial charge in [-0.15, -0.1) is 0 Å². The van der Waals surface area contributed by atoms with Crippen molar-refractivity contribution in [3.05, 3.63) is 0 Å². The summed E-state index contributed by atoms with van der Waals surface area (Å²) in [6.07, 6.45) is 9.57. The molecule has 0 unspecified atom stereocenters. The van der Waals surface area contributed by atoms with E-state index in [4.69, 9.17) is 4.74 Å². The number of amides is 2. The molecule has 2 amide bonds. The molecular weight excluding hydrogens is 390 g/mol. The van der Waals surface area contributed by atoms with E-state index in [-0.39, 0.29) is 12.0 Å². The molecule has 6 heteroatoms. The molecule has 1 saturated carbocycles. The molecule has 2 heterocycles. The number of hydrogen-bond donors (Lipinski definition) is 1. The second-order valence-corrected chi connectivity index (χ2v) is 10.9. The van der Waals surface area contributed by atoms with Gasteiger partial charge in [0.05, 0.1) is 0 Å². The summed E-state index contributed by atoms with van der Waals surface area (Å²) < 4.78 is 5.70. The lowest BCUT2D eigenvalue weighted by atomic mass is 9.91. The Balaban J connectivity index is 1.53. The lowest BCUT2D eigenvalue weighted by molar-refractivity contribution is -0.136. The van der Waals surface area contributed by atoms with Gasteiger partial charge in [0.1, 0.15) is 5.60 Å². The second kappa shape index (κ2) is 10.5. The minimum Gasteiger partial charge on any atom is -0.444 e. The highest BCUT2D eigenvalue weighted by atomic mass is 16.6. The third kappa shape index (κ3) is 6.15. The number of ether oxygens (including phenoxy) is 1. The minimum atomic E-state index is -0.447. The summed E-state index contributed by atoms with van der Waals surface area (Å²) in [5, 5.41) is 3.95. The maximum atomic E-state index is 12.8. The van der Waals surface area contributed by atoms with E-state index >= 15 is 0 Å². The van der Waals surface area contributed by atoms with Crippen molar-refractivity contribution in [2.24, 2.45) is 11.8 Å². The molecule has 0 spiro atoms. The fourth-order valence-corrected chi connectivity index (χ4v) is 5.91. The summed E-state index contributed by atoms with van der Waals surface area (Å²) in [4.78, 5) is 29.6. The first-order valence-corrected chi connectivity index (χ1v) is 12.8. The Kier molecular flexibility index (Phi) is 8.28. The summed E-state index contributed by atoms with van der Waals surface area (Å²) >= 11 is 0. The van der Waals surface area contributed by atoms with Crippen molar-refractivity contribution < 1.29 is 14.3 Å². The van der Waals surface area contributed by atoms with Gasteiger partial charge in [-0.2, -0.15) is 0 Å². The summed E-state index contributed by atoms with van der Waals surface area (Å²) in [5.41, 5.74) is -0.447. The average Bonchev–Trinajstić information content (AvgIpc) is 3.37. The Bertz CT molecular complexity index is 606. The van der Waals surface area contributed by atoms with Crippen molar-refractivity contribution >= 4 is 12.0 Å². The molecule has 31 heavy (non-hydrogen) atoms. The van der Waals surface area contributed by atoms with Crippen LogP contribution in [0.1, 0.15) is 92.4 Å². The molecule has 0 aromatic rings. The van der Waals surface area contributed by atoms with E-state index < -0.39 is 5.60 Å². The van der Waals surface area contributed by atoms with Crippen LogP contribution in [0.5, 0.6) is 0 Å². The van der Waals surface area contributed by atoms with Crippen molar-refractivity contribution in [2.45, 2.75) is 116 Å². The number of carbonyl (C=O) groups excluding carboxylic acids is 2. The fourth-order valence-electron chi connectivity index (χ4n) is 5.91. The van der Waals surface area contributed by atoms with Crippen LogP contribution in [-0.2, 0) is 9.53 Å². The molecule has 6 nitrogen and oxygen atoms in total. The molecule has 2 aliphatic heterocycles. The van der Waals surface area contributed by atoms with Crippen molar-refractivity contribution in [1.29, 1.82) is 0 Å². The van der Waals surface area contributed by atoms with Gasteiger partial charge < -0.3 is 19.9 Å². The molecule has 0 aromatic heterocycles. The van der Waals surface area contributed by atoms with Gasteiger partial charge in [0, 0.05) is 43.7 Å². The van der Waals surface area contributed by atoms with Gasteiger partial charge in [0.2, 0.25) is 5.91 Å². The van der Waals surface area contributed by atoms with Crippen molar-refractivity contribution in [3.63, 3.8) is 0 Å². The zero-order chi connectivity index (χ0) is 22.6. The maximum Gasteiger partial charge on any atom is 0.410 e. The highest BCUT2D eigenvalue weighted by Crippen LogP contribution is 2.37. The predicted octanol–water partition coefficient (Wildman–Crippen LogP) is 4.57. The van der Waals surface area contributed by atoms with Crippen LogP contribution in [0.15, 0.2) is 0 Å². The van der Waals surface area contributed by atoms with E-state index in [1.54, 1.807) is 0 Å². The lowest BCUT2D eigenvalue weighted by Gasteiger charge is -2.38. The van der Waals surface area contributed by atoms with Crippen LogP contribution in [0.4, 0.5) is 4.79 Å². The Morgan fingerprint density at radius 3 is 2.26 bits per heavy atom. The first-order valence-electron chi connectivity index (χ1n) is 12.8. The Morgan fingerprint density at radius 1 is 0.968 bits per heavy atom. The zero-order valence-corrected chi connectivity index (χ0v) is 20.5. The molecule has 0 bridgehead atoms. The van der Waals surface area contributed by atoms with E-state index in [2.05, 4.69) is 24.1 Å². The molecule has 1 N–H and O–H groups in total. The van der Waals surface area contributed by atoms with Gasteiger partial charge in [0.25, 0.3) is 0 Å². The highest BCUT2D eigenvalue weighted by Gasteiger charge is 2.42. The van der Waals surface area contributed by atoms with E-state index in [1.807, 2.05) is 25.7 Å². The van der Waals surface area contributed by atoms with Crippen molar-refractivity contribution in [1.82, 2.24) is 15.1 Å². The van der Waals surface area contributed by atoms with E-state index in [0.29, 0.717) is 30.0 Å². The molecule has 2 saturated heterocycles. The summed E-state index contributed by atoms with van der Waals surface area (Å²) in [5.74, 6) is 1.05. The van der Waals surface area contributed by atoms with Crippen LogP contribution in [0.25, 0.3) is 0 Å². The Labute approximate surface area is 189 Å². The number of carbonyl (C=O) groups is 2. The molecule has 0 aromatic carbocycles. The average molecular weight is 436 g/mol. The number of hydrogen-bond acceptors (Lipinski definition) is 4. The van der Waals surface area contributed by atoms with Crippen molar-refractivity contribution in [2.75, 3.05) is 19.6 Å². The van der Waals surface area contributed by atoms with Crippen LogP contribution >= 0.6 is 0 Å². The predicted molar refractivity (Wildman–Crippen MR) is 124 cm³/mol. The third-order valence-electron chi connectivity index (χ3n) is 7.58. The summed E-state index contributed by atoms with van der Waals surface area (Å²) in [6, 6.07) is 1.25. The molecule has 178 valence electrons. The van der Waals surface area contributed by atoms with Gasteiger partial charge >= 0.3 is 6.09 Å². The van der Waals surface area contributed by atoms with Gasteiger partial charge in [-0.25, -0.2) is 4.79 Å². The maximum absolute atomic E-state index is 12.8. The summed E-state index contributed by atoms with van der Waals surface area (Å²) in [6.45, 7) is 12.6. The smallest absolute Gasteiger partial charge is 0.410 e. The first-order chi connectivity index (χ1) is 14.7. The van der Waals surface area contributed by atoms with Crippen LogP contribution in [-0.4, -0.2) is 65.2 Å². The topological polar surface area (TPSA) is 61.9 Å². The first kappa shape index (κ1) is 24.3. The summed E-state index contributed by atoms with van der Waals surface area (Å²) in [7, 11) is 0. The normalized spacial score (nSPS) is 27.9. The minimum absolute atomic E-state index is 0.145. The molecule has 3 aliphatic rings. The van der Waals surface area contributed by atoms with Gasteiger partial charge in [-0.05, 0) is 78.1 Å². The Morgan fingerprint density at radius 2 is 1.65 bits per heavy atom. The SMILES string of the molecule is CCC(CC)C(=O)N1CCC(N[C@@H]2CCC[C@H]2[C@@H]2CCCN2C(=O)OC(C)(C)C)CC1. The number of piperidine rings is 1. The number of rotatable bonds is 6. The molecule has 3 rings (SSSR count). The van der Waals surface area contributed by atoms with Crippen LogP contribution in [0.2, 0.25) is 0 Å². The van der Waals surface area contributed by atoms with Gasteiger partial charge in [-0.1, -0.05) is 20.3 Å². The van der Waals surface area contributed by atoms with Gasteiger partial charge in [-0.3, -0.25) is 4.79 Å². The highest BCUT2D eigenvalue weighted by molar-refractivity contribution is 5.78.